The molecule has 0 aromatic heterocycles. The molecule has 3 heteroatoms. The lowest BCUT2D eigenvalue weighted by Gasteiger charge is -2.12. The Bertz CT molecular complexity index is 393. The predicted octanol–water partition coefficient (Wildman–Crippen LogP) is 3.44. The summed E-state index contributed by atoms with van der Waals surface area (Å²) in [6, 6.07) is 7.62. The van der Waals surface area contributed by atoms with Gasteiger partial charge in [0.1, 0.15) is 5.75 Å². The summed E-state index contributed by atoms with van der Waals surface area (Å²) in [6.07, 6.45) is 4.34. The van der Waals surface area contributed by atoms with Gasteiger partial charge in [-0.1, -0.05) is 19.1 Å². The van der Waals surface area contributed by atoms with Crippen molar-refractivity contribution in [3.05, 3.63) is 35.9 Å². The van der Waals surface area contributed by atoms with E-state index in [1.807, 2.05) is 31.2 Å². The van der Waals surface area contributed by atoms with Gasteiger partial charge in [-0.2, -0.15) is 0 Å². The summed E-state index contributed by atoms with van der Waals surface area (Å²) in [6.45, 7) is 6.30. The molecule has 98 valence electrons. The Balaban J connectivity index is 2.57. The number of hydrogen-bond acceptors (Lipinski definition) is 3. The lowest BCUT2D eigenvalue weighted by Crippen LogP contribution is -2.09. The Kier molecular flexibility index (Phi) is 5.98. The number of ether oxygens (including phenoxy) is 2. The smallest absolute Gasteiger partial charge is 0.330 e. The fourth-order valence-electron chi connectivity index (χ4n) is 1.33. The van der Waals surface area contributed by atoms with Crippen LogP contribution in [0.5, 0.6) is 5.75 Å². The molecular weight excluding hydrogens is 228 g/mol. The highest BCUT2D eigenvalue weighted by Gasteiger charge is 2.00. The van der Waals surface area contributed by atoms with Gasteiger partial charge in [-0.25, -0.2) is 4.79 Å². The second-order valence-corrected chi connectivity index (χ2v) is 3.99. The van der Waals surface area contributed by atoms with Crippen molar-refractivity contribution < 1.29 is 14.3 Å². The fourth-order valence-corrected chi connectivity index (χ4v) is 1.33. The molecule has 0 saturated heterocycles. The Morgan fingerprint density at radius 2 is 1.94 bits per heavy atom. The van der Waals surface area contributed by atoms with Crippen LogP contribution < -0.4 is 4.74 Å². The highest BCUT2D eigenvalue weighted by atomic mass is 16.5. The van der Waals surface area contributed by atoms with E-state index in [2.05, 4.69) is 6.92 Å². The molecule has 0 heterocycles. The largest absolute Gasteiger partial charge is 0.491 e. The zero-order valence-electron chi connectivity index (χ0n) is 11.2. The number of rotatable bonds is 6. The summed E-state index contributed by atoms with van der Waals surface area (Å²) in [5.41, 5.74) is 0.944. The van der Waals surface area contributed by atoms with E-state index in [0.29, 0.717) is 6.61 Å². The van der Waals surface area contributed by atoms with Crippen LogP contribution in [0.4, 0.5) is 0 Å². The van der Waals surface area contributed by atoms with Gasteiger partial charge in [0, 0.05) is 6.08 Å². The standard InChI is InChI=1S/C15H20O3/c1-4-12(3)18-14-9-6-13(7-10-14)8-11-15(16)17-5-2/h6-12H,4-5H2,1-3H3. The maximum Gasteiger partial charge on any atom is 0.330 e. The normalized spacial score (nSPS) is 12.4. The molecule has 1 aromatic carbocycles. The van der Waals surface area contributed by atoms with E-state index in [1.54, 1.807) is 13.0 Å². The number of carbonyl (C=O) groups excluding carboxylic acids is 1. The molecule has 0 N–H and O–H groups in total. The first-order valence-electron chi connectivity index (χ1n) is 6.27. The monoisotopic (exact) mass is 248 g/mol. The first kappa shape index (κ1) is 14.3. The van der Waals surface area contributed by atoms with Crippen LogP contribution in [0.3, 0.4) is 0 Å². The molecule has 18 heavy (non-hydrogen) atoms. The molecule has 1 aromatic rings. The van der Waals surface area contributed by atoms with Crippen molar-refractivity contribution in [3.8, 4) is 5.75 Å². The number of carbonyl (C=O) groups is 1. The van der Waals surface area contributed by atoms with Gasteiger partial charge < -0.3 is 9.47 Å². The molecule has 0 aliphatic heterocycles. The van der Waals surface area contributed by atoms with Crippen molar-refractivity contribution in [2.75, 3.05) is 6.61 Å². The average Bonchev–Trinajstić information content (AvgIpc) is 2.38. The van der Waals surface area contributed by atoms with Crippen molar-refractivity contribution in [3.63, 3.8) is 0 Å². The van der Waals surface area contributed by atoms with E-state index in [4.69, 9.17) is 9.47 Å². The van der Waals surface area contributed by atoms with E-state index in [-0.39, 0.29) is 12.1 Å². The maximum absolute atomic E-state index is 11.1. The molecule has 0 fully saturated rings. The summed E-state index contributed by atoms with van der Waals surface area (Å²) in [5, 5.41) is 0. The molecule has 0 amide bonds. The Morgan fingerprint density at radius 1 is 1.28 bits per heavy atom. The first-order chi connectivity index (χ1) is 8.65. The molecular formula is C15H20O3. The van der Waals surface area contributed by atoms with Gasteiger partial charge in [-0.3, -0.25) is 0 Å². The third-order valence-corrected chi connectivity index (χ3v) is 2.49. The molecule has 0 spiro atoms. The van der Waals surface area contributed by atoms with Gasteiger partial charge in [0.2, 0.25) is 0 Å². The van der Waals surface area contributed by atoms with Crippen LogP contribution in [-0.2, 0) is 9.53 Å². The van der Waals surface area contributed by atoms with Gasteiger partial charge in [0.05, 0.1) is 12.7 Å². The summed E-state index contributed by atoms with van der Waals surface area (Å²) < 4.78 is 10.5. The molecule has 0 aliphatic rings. The molecule has 1 rings (SSSR count). The molecule has 0 bridgehead atoms. The van der Waals surface area contributed by atoms with Gasteiger partial charge >= 0.3 is 5.97 Å². The minimum absolute atomic E-state index is 0.214. The van der Waals surface area contributed by atoms with Gasteiger partial charge in [-0.05, 0) is 44.0 Å². The molecule has 1 atom stereocenters. The summed E-state index contributed by atoms with van der Waals surface area (Å²) >= 11 is 0. The quantitative estimate of drug-likeness (QED) is 0.571. The molecule has 0 aliphatic carbocycles. The van der Waals surface area contributed by atoms with Crippen LogP contribution in [0.1, 0.15) is 32.8 Å². The van der Waals surface area contributed by atoms with Crippen molar-refractivity contribution >= 4 is 12.0 Å². The van der Waals surface area contributed by atoms with Crippen molar-refractivity contribution in [2.45, 2.75) is 33.3 Å². The second-order valence-electron chi connectivity index (χ2n) is 3.99. The van der Waals surface area contributed by atoms with Gasteiger partial charge in [-0.15, -0.1) is 0 Å². The minimum Gasteiger partial charge on any atom is -0.491 e. The Morgan fingerprint density at radius 3 is 2.50 bits per heavy atom. The second kappa shape index (κ2) is 7.54. The maximum atomic E-state index is 11.1. The summed E-state index contributed by atoms with van der Waals surface area (Å²) in [4.78, 5) is 11.1. The van der Waals surface area contributed by atoms with E-state index < -0.39 is 0 Å². The van der Waals surface area contributed by atoms with Crippen LogP contribution >= 0.6 is 0 Å². The number of hydrogen-bond donors (Lipinski definition) is 0. The predicted molar refractivity (Wildman–Crippen MR) is 72.5 cm³/mol. The molecule has 0 radical (unpaired) electrons. The minimum atomic E-state index is -0.322. The third-order valence-electron chi connectivity index (χ3n) is 2.49. The average molecular weight is 248 g/mol. The third kappa shape index (κ3) is 5.04. The van der Waals surface area contributed by atoms with Gasteiger partial charge in [0.15, 0.2) is 0 Å². The lowest BCUT2D eigenvalue weighted by molar-refractivity contribution is -0.137. The van der Waals surface area contributed by atoms with E-state index >= 15 is 0 Å². The zero-order valence-corrected chi connectivity index (χ0v) is 11.2. The molecule has 1 unspecified atom stereocenters. The van der Waals surface area contributed by atoms with Crippen molar-refractivity contribution in [2.24, 2.45) is 0 Å². The SMILES string of the molecule is CCOC(=O)C=Cc1ccc(OC(C)CC)cc1. The zero-order chi connectivity index (χ0) is 13.4. The molecule has 0 saturated carbocycles. The highest BCUT2D eigenvalue weighted by Crippen LogP contribution is 2.15. The van der Waals surface area contributed by atoms with E-state index in [1.165, 1.54) is 6.08 Å². The number of benzene rings is 1. The highest BCUT2D eigenvalue weighted by molar-refractivity contribution is 5.87. The fraction of sp³-hybridized carbons (Fsp3) is 0.400. The Hall–Kier alpha value is -1.77. The number of esters is 1. The van der Waals surface area contributed by atoms with Gasteiger partial charge in [0.25, 0.3) is 0 Å². The summed E-state index contributed by atoms with van der Waals surface area (Å²) in [5.74, 6) is 0.523. The van der Waals surface area contributed by atoms with Crippen LogP contribution in [0, 0.1) is 0 Å². The first-order valence-corrected chi connectivity index (χ1v) is 6.27. The van der Waals surface area contributed by atoms with Crippen LogP contribution in [0.15, 0.2) is 30.3 Å². The molecule has 3 nitrogen and oxygen atoms in total. The Labute approximate surface area is 108 Å². The van der Waals surface area contributed by atoms with Crippen LogP contribution in [0.25, 0.3) is 6.08 Å². The summed E-state index contributed by atoms with van der Waals surface area (Å²) in [7, 11) is 0. The lowest BCUT2D eigenvalue weighted by atomic mass is 10.2. The van der Waals surface area contributed by atoms with Crippen LogP contribution in [-0.4, -0.2) is 18.7 Å². The van der Waals surface area contributed by atoms with Crippen molar-refractivity contribution in [1.82, 2.24) is 0 Å². The van der Waals surface area contributed by atoms with Crippen molar-refractivity contribution in [1.29, 1.82) is 0 Å². The topological polar surface area (TPSA) is 35.5 Å². The van der Waals surface area contributed by atoms with E-state index in [9.17, 15) is 4.79 Å². The van der Waals surface area contributed by atoms with Crippen LogP contribution in [0.2, 0.25) is 0 Å². The van der Waals surface area contributed by atoms with E-state index in [0.717, 1.165) is 17.7 Å².